The quantitative estimate of drug-likeness (QED) is 0.170. The van der Waals surface area contributed by atoms with Gasteiger partial charge in [0.15, 0.2) is 0 Å². The fourth-order valence-electron chi connectivity index (χ4n) is 7.41. The first-order valence-electron chi connectivity index (χ1n) is 16.8. The van der Waals surface area contributed by atoms with Crippen molar-refractivity contribution in [2.45, 2.75) is 12.4 Å². The van der Waals surface area contributed by atoms with Crippen molar-refractivity contribution < 1.29 is 26.3 Å². The molecule has 0 amide bonds. The second kappa shape index (κ2) is 12.1. The molecule has 0 saturated heterocycles. The number of fused-ring (bicyclic) bond motifs is 6. The van der Waals surface area contributed by atoms with Crippen LogP contribution in [0.15, 0.2) is 146 Å². The number of aromatic nitrogens is 3. The Morgan fingerprint density at radius 1 is 0.463 bits per heavy atom. The minimum Gasteiger partial charge on any atom is -0.307 e. The van der Waals surface area contributed by atoms with E-state index in [1.54, 1.807) is 66.7 Å². The Hall–Kier alpha value is -6.86. The molecule has 3 heterocycles. The molecular formula is C44H24F6N4. The summed E-state index contributed by atoms with van der Waals surface area (Å²) >= 11 is 0. The number of para-hydroxylation sites is 2. The highest BCUT2D eigenvalue weighted by Gasteiger charge is 2.33. The summed E-state index contributed by atoms with van der Waals surface area (Å²) in [6, 6.07) is 42.1. The molecule has 0 atom stereocenters. The van der Waals surface area contributed by atoms with Gasteiger partial charge in [-0.2, -0.15) is 31.6 Å². The Balaban J connectivity index is 1.42. The Kier molecular flexibility index (Phi) is 7.40. The summed E-state index contributed by atoms with van der Waals surface area (Å²) in [5.74, 6) is 0. The molecule has 54 heavy (non-hydrogen) atoms. The predicted molar refractivity (Wildman–Crippen MR) is 199 cm³/mol. The third-order valence-corrected chi connectivity index (χ3v) is 9.81. The molecule has 3 aromatic heterocycles. The Labute approximate surface area is 303 Å². The van der Waals surface area contributed by atoms with Gasteiger partial charge < -0.3 is 9.13 Å². The van der Waals surface area contributed by atoms with Crippen LogP contribution >= 0.6 is 0 Å². The van der Waals surface area contributed by atoms with Crippen LogP contribution in [0.5, 0.6) is 0 Å². The zero-order chi connectivity index (χ0) is 37.4. The standard InChI is InChI=1S/C44H24F6N4/c45-43(46,47)28-17-19-39-33(22-28)30-11-4-6-15-37(30)53(39)41-21-27(25-51)32(36-14-8-13-35(52-36)26-9-2-1-3-10-26)24-42(41)54-38-16-7-5-12-31(38)34-23-29(44(48,49)50)18-20-40(34)54/h1-24H. The SMILES string of the molecule is N#Cc1cc(-n2c3ccccc3c3cc(C(F)(F)F)ccc32)c(-n2c3ccccc3c3cc(C(F)(F)F)ccc32)cc1-c1cccc(-c2ccccc2)n1. The van der Waals surface area contributed by atoms with Crippen LogP contribution in [0.3, 0.4) is 0 Å². The summed E-state index contributed by atoms with van der Waals surface area (Å²) in [5.41, 5.74) is 4.11. The average Bonchev–Trinajstić information content (AvgIpc) is 3.69. The number of rotatable bonds is 4. The lowest BCUT2D eigenvalue weighted by molar-refractivity contribution is -0.138. The van der Waals surface area contributed by atoms with E-state index >= 15 is 0 Å². The van der Waals surface area contributed by atoms with Crippen LogP contribution < -0.4 is 0 Å². The monoisotopic (exact) mass is 722 g/mol. The lowest BCUT2D eigenvalue weighted by Crippen LogP contribution is -2.07. The molecule has 0 aliphatic heterocycles. The molecule has 0 N–H and O–H groups in total. The van der Waals surface area contributed by atoms with Gasteiger partial charge >= 0.3 is 12.4 Å². The number of nitrogens with zero attached hydrogens (tertiary/aromatic N) is 4. The van der Waals surface area contributed by atoms with Crippen molar-refractivity contribution in [3.63, 3.8) is 0 Å². The topological polar surface area (TPSA) is 46.5 Å². The van der Waals surface area contributed by atoms with Gasteiger partial charge in [-0.15, -0.1) is 0 Å². The number of pyridine rings is 1. The molecule has 0 aliphatic carbocycles. The third kappa shape index (κ3) is 5.27. The van der Waals surface area contributed by atoms with Gasteiger partial charge in [0.25, 0.3) is 0 Å². The van der Waals surface area contributed by atoms with Crippen LogP contribution in [0.2, 0.25) is 0 Å². The molecule has 0 spiro atoms. The summed E-state index contributed by atoms with van der Waals surface area (Å²) < 4.78 is 87.9. The molecule has 0 radical (unpaired) electrons. The van der Waals surface area contributed by atoms with E-state index in [0.29, 0.717) is 71.9 Å². The maximum atomic E-state index is 14.1. The number of hydrogen-bond acceptors (Lipinski definition) is 2. The molecule has 0 saturated carbocycles. The summed E-state index contributed by atoms with van der Waals surface area (Å²) in [6.45, 7) is 0. The van der Waals surface area contributed by atoms with Crippen molar-refractivity contribution in [1.82, 2.24) is 14.1 Å². The van der Waals surface area contributed by atoms with Crippen molar-refractivity contribution in [3.05, 3.63) is 162 Å². The first-order valence-corrected chi connectivity index (χ1v) is 16.8. The van der Waals surface area contributed by atoms with Crippen LogP contribution in [0, 0.1) is 11.3 Å². The molecule has 0 unspecified atom stereocenters. The molecule has 0 aliphatic rings. The highest BCUT2D eigenvalue weighted by Crippen LogP contribution is 2.43. The Morgan fingerprint density at radius 3 is 1.48 bits per heavy atom. The van der Waals surface area contributed by atoms with Gasteiger partial charge in [-0.3, -0.25) is 0 Å². The highest BCUT2D eigenvalue weighted by molar-refractivity contribution is 6.12. The fraction of sp³-hybridized carbons (Fsp3) is 0.0455. The van der Waals surface area contributed by atoms with Gasteiger partial charge in [-0.25, -0.2) is 4.98 Å². The van der Waals surface area contributed by atoms with Gasteiger partial charge in [0.05, 0.1) is 67.6 Å². The van der Waals surface area contributed by atoms with E-state index in [4.69, 9.17) is 4.98 Å². The number of nitriles is 1. The number of hydrogen-bond donors (Lipinski definition) is 0. The molecule has 262 valence electrons. The fourth-order valence-corrected chi connectivity index (χ4v) is 7.41. The molecule has 4 nitrogen and oxygen atoms in total. The minimum absolute atomic E-state index is 0.240. The molecule has 10 heteroatoms. The van der Waals surface area contributed by atoms with E-state index in [0.717, 1.165) is 29.8 Å². The van der Waals surface area contributed by atoms with Crippen LogP contribution in [0.25, 0.3) is 77.5 Å². The van der Waals surface area contributed by atoms with Crippen molar-refractivity contribution in [1.29, 1.82) is 5.26 Å². The van der Waals surface area contributed by atoms with Crippen molar-refractivity contribution in [2.75, 3.05) is 0 Å². The molecular weight excluding hydrogens is 698 g/mol. The maximum absolute atomic E-state index is 14.1. The van der Waals surface area contributed by atoms with Gasteiger partial charge in [-0.05, 0) is 72.8 Å². The van der Waals surface area contributed by atoms with Crippen molar-refractivity contribution in [3.8, 4) is 40.0 Å². The van der Waals surface area contributed by atoms with E-state index in [1.165, 1.54) is 12.1 Å². The first kappa shape index (κ1) is 33.0. The van der Waals surface area contributed by atoms with Crippen LogP contribution in [-0.2, 0) is 12.4 Å². The van der Waals surface area contributed by atoms with Crippen LogP contribution in [-0.4, -0.2) is 14.1 Å². The number of alkyl halides is 6. The van der Waals surface area contributed by atoms with Gasteiger partial charge in [0.2, 0.25) is 0 Å². The summed E-state index contributed by atoms with van der Waals surface area (Å²) in [4.78, 5) is 4.93. The molecule has 9 aromatic rings. The van der Waals surface area contributed by atoms with E-state index < -0.39 is 23.5 Å². The smallest absolute Gasteiger partial charge is 0.307 e. The summed E-state index contributed by atoms with van der Waals surface area (Å²) in [7, 11) is 0. The van der Waals surface area contributed by atoms with Crippen molar-refractivity contribution >= 4 is 43.6 Å². The predicted octanol–water partition coefficient (Wildman–Crippen LogP) is 12.5. The number of benzene rings is 6. The van der Waals surface area contributed by atoms with Crippen LogP contribution in [0.1, 0.15) is 16.7 Å². The van der Waals surface area contributed by atoms with E-state index in [9.17, 15) is 31.6 Å². The van der Waals surface area contributed by atoms with Gasteiger partial charge in [0, 0.05) is 32.7 Å². The molecule has 0 bridgehead atoms. The molecule has 0 fully saturated rings. The lowest BCUT2D eigenvalue weighted by atomic mass is 10.0. The second-order valence-electron chi connectivity index (χ2n) is 12.9. The Bertz CT molecular complexity index is 2980. The minimum atomic E-state index is -4.59. The van der Waals surface area contributed by atoms with Crippen molar-refractivity contribution in [2.24, 2.45) is 0 Å². The zero-order valence-electron chi connectivity index (χ0n) is 27.9. The lowest BCUT2D eigenvalue weighted by Gasteiger charge is -2.19. The van der Waals surface area contributed by atoms with E-state index in [2.05, 4.69) is 6.07 Å². The summed E-state index contributed by atoms with van der Waals surface area (Å²) in [6.07, 6.45) is -9.17. The Morgan fingerprint density at radius 2 is 0.944 bits per heavy atom. The third-order valence-electron chi connectivity index (χ3n) is 9.81. The van der Waals surface area contributed by atoms with E-state index in [-0.39, 0.29) is 5.56 Å². The van der Waals surface area contributed by atoms with Gasteiger partial charge in [-0.1, -0.05) is 72.8 Å². The second-order valence-corrected chi connectivity index (χ2v) is 12.9. The van der Waals surface area contributed by atoms with Gasteiger partial charge in [0.1, 0.15) is 0 Å². The number of halogens is 6. The normalized spacial score (nSPS) is 12.2. The molecule has 6 aromatic carbocycles. The largest absolute Gasteiger partial charge is 0.416 e. The molecule has 9 rings (SSSR count). The first-order chi connectivity index (χ1) is 26.0. The summed E-state index contributed by atoms with van der Waals surface area (Å²) in [5, 5.41) is 12.5. The highest BCUT2D eigenvalue weighted by atomic mass is 19.4. The zero-order valence-corrected chi connectivity index (χ0v) is 27.9. The maximum Gasteiger partial charge on any atom is 0.416 e. The average molecular weight is 723 g/mol. The van der Waals surface area contributed by atoms with Crippen LogP contribution in [0.4, 0.5) is 26.3 Å². The van der Waals surface area contributed by atoms with E-state index in [1.807, 2.05) is 51.6 Å².